The number of cyclic esters (lactones) is 1. The van der Waals surface area contributed by atoms with Crippen LogP contribution in [0.2, 0.25) is 5.02 Å². The molecule has 2 aliphatic heterocycles. The van der Waals surface area contributed by atoms with E-state index in [1.807, 2.05) is 66.7 Å². The number of methoxy groups -OCH3 is 3. The van der Waals surface area contributed by atoms with Gasteiger partial charge in [0.05, 0.1) is 49.6 Å². The first-order valence-electron chi connectivity index (χ1n) is 14.8. The van der Waals surface area contributed by atoms with Crippen molar-refractivity contribution in [2.75, 3.05) is 40.0 Å². The molecule has 3 heterocycles. The van der Waals surface area contributed by atoms with Crippen molar-refractivity contribution in [3.63, 3.8) is 0 Å². The topological polar surface area (TPSA) is 97.4 Å². The number of nitrogens with one attached hydrogen (secondary N) is 1. The molecule has 1 aromatic heterocycles. The molecule has 5 aromatic rings. The Labute approximate surface area is 273 Å². The van der Waals surface area contributed by atoms with Crippen LogP contribution in [0.1, 0.15) is 28.7 Å². The SMILES string of the molecule is COc1cc([C@@H]2c3cc4c(cc3[C@@H](Nc3ccc(-c5nc6c(Cl)cccc6s5)cc3)[C@H]3COC(=O)[C@H]23)OCO4)cc(OC)c1OC. The minimum atomic E-state index is -0.472. The number of hydrogen-bond acceptors (Lipinski definition) is 10. The van der Waals surface area contributed by atoms with Gasteiger partial charge in [0, 0.05) is 23.1 Å². The third-order valence-electron chi connectivity index (χ3n) is 9.06. The number of thiazole rings is 1. The van der Waals surface area contributed by atoms with Crippen LogP contribution in [0.5, 0.6) is 28.7 Å². The molecule has 4 aromatic carbocycles. The summed E-state index contributed by atoms with van der Waals surface area (Å²) in [5.41, 5.74) is 5.51. The quantitative estimate of drug-likeness (QED) is 0.179. The maximum Gasteiger partial charge on any atom is 0.310 e. The maximum atomic E-state index is 13.6. The Kier molecular flexibility index (Phi) is 7.06. The van der Waals surface area contributed by atoms with Gasteiger partial charge in [-0.1, -0.05) is 17.7 Å². The van der Waals surface area contributed by atoms with Gasteiger partial charge in [0.25, 0.3) is 0 Å². The summed E-state index contributed by atoms with van der Waals surface area (Å²) in [7, 11) is 4.73. The van der Waals surface area contributed by atoms with Crippen molar-refractivity contribution in [1.29, 1.82) is 0 Å². The highest BCUT2D eigenvalue weighted by Gasteiger charge is 2.52. The number of rotatable bonds is 7. The second-order valence-corrected chi connectivity index (χ2v) is 12.8. The number of carbonyl (C=O) groups is 1. The Morgan fingerprint density at radius 2 is 1.61 bits per heavy atom. The largest absolute Gasteiger partial charge is 0.493 e. The highest BCUT2D eigenvalue weighted by atomic mass is 35.5. The van der Waals surface area contributed by atoms with Gasteiger partial charge in [-0.2, -0.15) is 0 Å². The molecular weight excluding hydrogens is 628 g/mol. The minimum absolute atomic E-state index is 0.137. The molecule has 3 aliphatic rings. The van der Waals surface area contributed by atoms with Gasteiger partial charge < -0.3 is 33.7 Å². The third kappa shape index (κ3) is 4.58. The molecule has 46 heavy (non-hydrogen) atoms. The number of carbonyl (C=O) groups excluding carboxylic acids is 1. The lowest BCUT2D eigenvalue weighted by Crippen LogP contribution is -2.37. The van der Waals surface area contributed by atoms with Crippen molar-refractivity contribution in [3.8, 4) is 39.3 Å². The van der Waals surface area contributed by atoms with Gasteiger partial charge in [0.2, 0.25) is 12.5 Å². The molecule has 234 valence electrons. The number of halogens is 1. The van der Waals surface area contributed by atoms with E-state index in [9.17, 15) is 4.79 Å². The van der Waals surface area contributed by atoms with Crippen LogP contribution >= 0.6 is 22.9 Å². The van der Waals surface area contributed by atoms with Crippen molar-refractivity contribution in [2.24, 2.45) is 11.8 Å². The van der Waals surface area contributed by atoms with Gasteiger partial charge in [-0.05, 0) is 77.4 Å². The average molecular weight is 657 g/mol. The monoisotopic (exact) mass is 656 g/mol. The van der Waals surface area contributed by atoms with E-state index in [-0.39, 0.29) is 37.2 Å². The summed E-state index contributed by atoms with van der Waals surface area (Å²) in [5, 5.41) is 5.27. The lowest BCUT2D eigenvalue weighted by Gasteiger charge is -2.40. The Balaban J connectivity index is 1.20. The Morgan fingerprint density at radius 1 is 0.891 bits per heavy atom. The summed E-state index contributed by atoms with van der Waals surface area (Å²) in [4.78, 5) is 18.3. The smallest absolute Gasteiger partial charge is 0.310 e. The number of hydrogen-bond donors (Lipinski definition) is 1. The molecule has 1 aliphatic carbocycles. The van der Waals surface area contributed by atoms with Crippen LogP contribution in [-0.2, 0) is 9.53 Å². The van der Waals surface area contributed by atoms with Gasteiger partial charge in [-0.15, -0.1) is 11.3 Å². The molecule has 0 saturated carbocycles. The first kappa shape index (κ1) is 28.8. The fourth-order valence-corrected chi connectivity index (χ4v) is 8.23. The lowest BCUT2D eigenvalue weighted by atomic mass is 9.65. The predicted octanol–water partition coefficient (Wildman–Crippen LogP) is 7.46. The molecule has 1 saturated heterocycles. The Hall–Kier alpha value is -4.67. The molecule has 4 atom stereocenters. The van der Waals surface area contributed by atoms with Crippen LogP contribution in [-0.4, -0.2) is 45.7 Å². The van der Waals surface area contributed by atoms with Gasteiger partial charge in [0.1, 0.15) is 10.5 Å². The second-order valence-electron chi connectivity index (χ2n) is 11.4. The number of esters is 1. The van der Waals surface area contributed by atoms with Crippen molar-refractivity contribution in [2.45, 2.75) is 12.0 Å². The van der Waals surface area contributed by atoms with Gasteiger partial charge in [-0.3, -0.25) is 4.79 Å². The number of para-hydroxylation sites is 1. The zero-order valence-corrected chi connectivity index (χ0v) is 26.7. The highest BCUT2D eigenvalue weighted by Crippen LogP contribution is 2.56. The normalized spacial score (nSPS) is 21.0. The average Bonchev–Trinajstić information content (AvgIpc) is 3.83. The van der Waals surface area contributed by atoms with E-state index in [0.29, 0.717) is 33.8 Å². The summed E-state index contributed by atoms with van der Waals surface area (Å²) >= 11 is 7.99. The Bertz CT molecular complexity index is 1970. The maximum absolute atomic E-state index is 13.6. The molecule has 11 heteroatoms. The van der Waals surface area contributed by atoms with Gasteiger partial charge >= 0.3 is 5.97 Å². The first-order chi connectivity index (χ1) is 22.5. The van der Waals surface area contributed by atoms with Gasteiger partial charge in [-0.25, -0.2) is 4.98 Å². The molecule has 9 nitrogen and oxygen atoms in total. The van der Waals surface area contributed by atoms with Crippen molar-refractivity contribution < 1.29 is 33.2 Å². The number of nitrogens with zero attached hydrogens (tertiary/aromatic N) is 1. The van der Waals surface area contributed by atoms with E-state index in [1.54, 1.807) is 32.7 Å². The van der Waals surface area contributed by atoms with Crippen LogP contribution in [0.3, 0.4) is 0 Å². The molecule has 0 amide bonds. The summed E-state index contributed by atoms with van der Waals surface area (Å²) in [6.07, 6.45) is 0. The van der Waals surface area contributed by atoms with Crippen LogP contribution < -0.4 is 29.0 Å². The highest BCUT2D eigenvalue weighted by molar-refractivity contribution is 7.21. The van der Waals surface area contributed by atoms with Crippen molar-refractivity contribution in [3.05, 3.63) is 88.4 Å². The second kappa shape index (κ2) is 11.3. The lowest BCUT2D eigenvalue weighted by molar-refractivity contribution is -0.141. The number of anilines is 1. The van der Waals surface area contributed by atoms with Crippen LogP contribution in [0.4, 0.5) is 5.69 Å². The molecule has 8 rings (SSSR count). The molecule has 0 spiro atoms. The van der Waals surface area contributed by atoms with E-state index >= 15 is 0 Å². The van der Waals surface area contributed by atoms with E-state index in [2.05, 4.69) is 5.32 Å². The van der Waals surface area contributed by atoms with E-state index in [0.717, 1.165) is 43.2 Å². The molecular formula is C35H29ClN2O7S. The molecule has 0 radical (unpaired) electrons. The number of fused-ring (bicyclic) bond motifs is 4. The first-order valence-corrected chi connectivity index (χ1v) is 16.0. The fourth-order valence-electron chi connectivity index (χ4n) is 6.96. The third-order valence-corrected chi connectivity index (χ3v) is 10.4. The standard InChI is InChI=1S/C35H29ClN2O7S/c1-40-26-11-18(12-27(41-2)33(26)42-3)29-20-13-24-25(45-16-44-24)14-21(20)31(22-15-43-35(39)30(22)29)37-19-9-7-17(8-10-19)34-38-32-23(36)5-4-6-28(32)46-34/h4-14,22,29-31,37H,15-16H2,1-3H3/t22-,29+,30-,31+/m0/s1. The minimum Gasteiger partial charge on any atom is -0.493 e. The zero-order chi connectivity index (χ0) is 31.5. The number of aromatic nitrogens is 1. The van der Waals surface area contributed by atoms with Gasteiger partial charge in [0.15, 0.2) is 23.0 Å². The Morgan fingerprint density at radius 3 is 2.28 bits per heavy atom. The van der Waals surface area contributed by atoms with Crippen LogP contribution in [0.15, 0.2) is 66.7 Å². The molecule has 0 bridgehead atoms. The fraction of sp³-hybridized carbons (Fsp3) is 0.257. The molecule has 1 N–H and O–H groups in total. The van der Waals surface area contributed by atoms with E-state index < -0.39 is 5.92 Å². The van der Waals surface area contributed by atoms with E-state index in [4.69, 9.17) is 45.0 Å². The molecule has 0 unspecified atom stereocenters. The van der Waals surface area contributed by atoms with Crippen molar-refractivity contribution >= 4 is 44.8 Å². The van der Waals surface area contributed by atoms with Crippen molar-refractivity contribution in [1.82, 2.24) is 4.98 Å². The molecule has 1 fully saturated rings. The number of ether oxygens (including phenoxy) is 6. The number of benzene rings is 4. The predicted molar refractivity (Wildman–Crippen MR) is 175 cm³/mol. The zero-order valence-electron chi connectivity index (χ0n) is 25.2. The van der Waals surface area contributed by atoms with Crippen LogP contribution in [0, 0.1) is 11.8 Å². The summed E-state index contributed by atoms with van der Waals surface area (Å²) in [6.45, 7) is 0.416. The van der Waals surface area contributed by atoms with Crippen LogP contribution in [0.25, 0.3) is 20.8 Å². The summed E-state index contributed by atoms with van der Waals surface area (Å²) in [5.74, 6) is 1.57. The summed E-state index contributed by atoms with van der Waals surface area (Å²) < 4.78 is 35.4. The van der Waals surface area contributed by atoms with E-state index in [1.165, 1.54) is 0 Å². The summed E-state index contributed by atoms with van der Waals surface area (Å²) in [6, 6.07) is 21.6.